The molecule has 11 aliphatic rings. The minimum absolute atomic E-state index is 0.00303. The van der Waals surface area contributed by atoms with Gasteiger partial charge in [-0.25, -0.2) is 0 Å². The first-order valence-corrected chi connectivity index (χ1v) is 27.4. The third-order valence-corrected chi connectivity index (χ3v) is 22.0. The van der Waals surface area contributed by atoms with Gasteiger partial charge in [-0.2, -0.15) is 0 Å². The van der Waals surface area contributed by atoms with E-state index in [1.807, 2.05) is 0 Å². The molecule has 22 heteroatoms. The van der Waals surface area contributed by atoms with Gasteiger partial charge in [-0.15, -0.1) is 0 Å². The van der Waals surface area contributed by atoms with Gasteiger partial charge in [0.1, 0.15) is 91.6 Å². The molecule has 0 aromatic carbocycles. The van der Waals surface area contributed by atoms with Crippen LogP contribution >= 0.6 is 0 Å². The third-order valence-electron chi connectivity index (χ3n) is 22.0. The van der Waals surface area contributed by atoms with Crippen LogP contribution in [0.5, 0.6) is 0 Å². The number of rotatable bonds is 10. The van der Waals surface area contributed by atoms with Gasteiger partial charge in [-0.05, 0) is 99.7 Å². The van der Waals surface area contributed by atoms with E-state index < -0.39 is 159 Å². The van der Waals surface area contributed by atoms with Crippen molar-refractivity contribution in [2.45, 2.75) is 253 Å². The Bertz CT molecular complexity index is 2170. The van der Waals surface area contributed by atoms with Gasteiger partial charge in [-0.3, -0.25) is 4.79 Å². The number of hydrogen-bond acceptors (Lipinski definition) is 22. The fourth-order valence-electron chi connectivity index (χ4n) is 17.6. The zero-order valence-electron chi connectivity index (χ0n) is 43.9. The van der Waals surface area contributed by atoms with Gasteiger partial charge in [0, 0.05) is 11.3 Å². The lowest BCUT2D eigenvalue weighted by atomic mass is 9.31. The largest absolute Gasteiger partial charge is 0.455 e. The van der Waals surface area contributed by atoms with Gasteiger partial charge >= 0.3 is 5.97 Å². The normalized spacial score (nSPS) is 58.9. The van der Waals surface area contributed by atoms with E-state index in [9.17, 15) is 61.0 Å². The molecule has 0 aromatic rings. The number of esters is 1. The summed E-state index contributed by atoms with van der Waals surface area (Å²) in [5, 5.41) is 120. The summed E-state index contributed by atoms with van der Waals surface area (Å²) in [5.41, 5.74) is -1.72. The highest BCUT2D eigenvalue weighted by atomic mass is 16.8. The Morgan fingerprint density at radius 3 is 1.75 bits per heavy atom. The number of fused-ring (bicyclic) bond motifs is 6. The Morgan fingerprint density at radius 2 is 1.13 bits per heavy atom. The van der Waals surface area contributed by atoms with Crippen LogP contribution in [-0.4, -0.2) is 222 Å². The first-order valence-electron chi connectivity index (χ1n) is 27.4. The van der Waals surface area contributed by atoms with Crippen LogP contribution in [0.2, 0.25) is 0 Å². The van der Waals surface area contributed by atoms with Crippen LogP contribution < -0.4 is 0 Å². The van der Waals surface area contributed by atoms with Crippen LogP contribution in [0.4, 0.5) is 0 Å². The molecule has 0 radical (unpaired) electrons. The number of carbonyl (C=O) groups is 1. The van der Waals surface area contributed by atoms with Crippen LogP contribution in [0.1, 0.15) is 106 Å². The van der Waals surface area contributed by atoms with Gasteiger partial charge in [0.05, 0.1) is 43.0 Å². The third kappa shape index (κ3) is 7.81. The first-order chi connectivity index (χ1) is 35.3. The molecule has 0 amide bonds. The van der Waals surface area contributed by atoms with Crippen molar-refractivity contribution in [3.63, 3.8) is 0 Å². The number of allylic oxidation sites excluding steroid dienone is 1. The second-order valence-corrected chi connectivity index (χ2v) is 25.8. The fraction of sp³-hybridized carbons (Fsp3) is 0.943. The van der Waals surface area contributed by atoms with Crippen LogP contribution in [0.25, 0.3) is 0 Å². The highest BCUT2D eigenvalue weighted by Gasteiger charge is 2.89. The van der Waals surface area contributed by atoms with Gasteiger partial charge < -0.3 is 104 Å². The Hall–Kier alpha value is -1.59. The van der Waals surface area contributed by atoms with Crippen molar-refractivity contribution in [1.29, 1.82) is 0 Å². The van der Waals surface area contributed by atoms with Crippen LogP contribution in [-0.2, 0) is 52.2 Å². The SMILES string of the molecule is C=C1CC[C@@]23CC[C@]4(C)[C@](OC2=O)([C@H]2O[C@H]2[C@@H]2[C@@]5(C)CC[C@H](O[C@@H]6O[C@H](CO)[C@@H](O[C@@H]7O[C@@H](C)[C@H](O)[C@@H](O)[C@H]7O)[C@H](O[C@@H]7O[C@H](CO)[C@@H](O)[C@H](O)[C@H]7O)[C@H]6O[C@@H]6O[C@@H](C)[C@H](O)[C@@H](O)[C@H]6O)C(C)(C)[C@H]5CC[C@]24C)[C@H]3C1. The standard InChI is InChI=1S/C53H82O22/c1-20-9-14-52-16-15-51(8)50(7)13-10-25-48(4,5)27(11-12-49(25,6)41(50)40-42(71-40)53(51,26(52)17-20)75-47(52)65)70-46-39(74-44-35(63)32(60)29(57)22(3)67-44)38(73-45-36(64)33(61)30(58)23(18-54)68-45)37(24(19-55)69-46)72-43-34(62)31(59)28(56)21(2)66-43/h21-46,54-64H,1,9-19H2,2-8H3/t21-,22-,23+,24+,25+,26-,27-,28-,29-,30+,31+,32+,33-,34+,35+,36+,37+,38-,39+,40-,41+,42-,43-,44-,45-,46-,49-,50+,51-,52-,53+/m0/s1. The van der Waals surface area contributed by atoms with Gasteiger partial charge in [0.15, 0.2) is 30.8 Å². The Labute approximate surface area is 436 Å². The molecule has 31 atom stereocenters. The zero-order chi connectivity index (χ0) is 54.0. The molecule has 426 valence electrons. The molecular formula is C53H82O22. The highest BCUT2D eigenvalue weighted by molar-refractivity contribution is 5.82. The summed E-state index contributed by atoms with van der Waals surface area (Å²) in [5.74, 6) is 0.0417. The molecule has 75 heavy (non-hydrogen) atoms. The van der Waals surface area contributed by atoms with Gasteiger partial charge in [0.25, 0.3) is 0 Å². The molecule has 5 aliphatic carbocycles. The van der Waals surface area contributed by atoms with E-state index in [4.69, 9.17) is 47.4 Å². The second-order valence-electron chi connectivity index (χ2n) is 25.8. The van der Waals surface area contributed by atoms with Crippen LogP contribution in [0.3, 0.4) is 0 Å². The van der Waals surface area contributed by atoms with E-state index in [1.165, 1.54) is 13.8 Å². The topological polar surface area (TPSA) is 335 Å². The number of hydrogen-bond donors (Lipinski definition) is 11. The Morgan fingerprint density at radius 1 is 0.573 bits per heavy atom. The molecule has 11 N–H and O–H groups in total. The van der Waals surface area contributed by atoms with Crippen molar-refractivity contribution >= 4 is 5.97 Å². The van der Waals surface area contributed by atoms with E-state index in [2.05, 4.69) is 41.2 Å². The van der Waals surface area contributed by atoms with Gasteiger partial charge in [-0.1, -0.05) is 46.8 Å². The van der Waals surface area contributed by atoms with Crippen molar-refractivity contribution in [2.75, 3.05) is 13.2 Å². The van der Waals surface area contributed by atoms with E-state index in [-0.39, 0.29) is 52.2 Å². The van der Waals surface area contributed by atoms with Gasteiger partial charge in [0.2, 0.25) is 0 Å². The lowest BCUT2D eigenvalue weighted by molar-refractivity contribution is -0.413. The molecule has 6 heterocycles. The summed E-state index contributed by atoms with van der Waals surface area (Å²) in [4.78, 5) is 14.2. The zero-order valence-corrected chi connectivity index (χ0v) is 43.9. The maximum atomic E-state index is 14.2. The summed E-state index contributed by atoms with van der Waals surface area (Å²) in [7, 11) is 0. The summed E-state index contributed by atoms with van der Waals surface area (Å²) in [6.07, 6.45) is -27.4. The molecule has 6 aliphatic heterocycles. The molecular weight excluding hydrogens is 989 g/mol. The van der Waals surface area contributed by atoms with Crippen molar-refractivity contribution in [3.05, 3.63) is 12.2 Å². The van der Waals surface area contributed by atoms with Crippen molar-refractivity contribution in [3.8, 4) is 0 Å². The minimum atomic E-state index is -1.99. The molecule has 0 unspecified atom stereocenters. The minimum Gasteiger partial charge on any atom is -0.455 e. The lowest BCUT2D eigenvalue weighted by Gasteiger charge is -2.72. The molecule has 2 bridgehead atoms. The number of aliphatic hydroxyl groups excluding tert-OH is 11. The molecule has 6 saturated heterocycles. The smallest absolute Gasteiger partial charge is 0.313 e. The molecule has 0 aromatic heterocycles. The summed E-state index contributed by atoms with van der Waals surface area (Å²) in [6.45, 7) is 17.1. The number of aliphatic hydroxyl groups is 11. The van der Waals surface area contributed by atoms with Crippen LogP contribution in [0.15, 0.2) is 12.2 Å². The Balaban J connectivity index is 0.933. The highest BCUT2D eigenvalue weighted by Crippen LogP contribution is 2.83. The summed E-state index contributed by atoms with van der Waals surface area (Å²) >= 11 is 0. The predicted octanol–water partition coefficient (Wildman–Crippen LogP) is -1.22. The number of epoxide rings is 1. The quantitative estimate of drug-likeness (QED) is 0.0529. The fourth-order valence-corrected chi connectivity index (χ4v) is 17.6. The summed E-state index contributed by atoms with van der Waals surface area (Å²) in [6, 6.07) is 0. The van der Waals surface area contributed by atoms with E-state index in [0.717, 1.165) is 50.5 Å². The molecule has 11 fully saturated rings. The molecule has 11 rings (SSSR count). The molecule has 5 saturated carbocycles. The molecule has 22 nitrogen and oxygen atoms in total. The Kier molecular flexibility index (Phi) is 14.0. The maximum absolute atomic E-state index is 14.2. The number of ether oxygens (including phenoxy) is 10. The second kappa shape index (κ2) is 19.0. The monoisotopic (exact) mass is 1070 g/mol. The first kappa shape index (κ1) is 55.3. The van der Waals surface area contributed by atoms with E-state index in [0.29, 0.717) is 12.8 Å². The molecule has 1 spiro atoms. The van der Waals surface area contributed by atoms with E-state index >= 15 is 0 Å². The van der Waals surface area contributed by atoms with E-state index in [1.54, 1.807) is 0 Å². The average molecular weight is 1070 g/mol. The lowest BCUT2D eigenvalue weighted by Crippen LogP contribution is -2.74. The predicted molar refractivity (Wildman–Crippen MR) is 253 cm³/mol. The average Bonchev–Trinajstić information content (AvgIpc) is 4.25. The van der Waals surface area contributed by atoms with Crippen LogP contribution in [0, 0.1) is 44.8 Å². The number of carbonyl (C=O) groups excluding carboxylic acids is 1. The maximum Gasteiger partial charge on any atom is 0.313 e. The van der Waals surface area contributed by atoms with Crippen molar-refractivity contribution in [1.82, 2.24) is 0 Å². The van der Waals surface area contributed by atoms with Crippen molar-refractivity contribution in [2.24, 2.45) is 44.8 Å². The van der Waals surface area contributed by atoms with Crippen molar-refractivity contribution < 1.29 is 108 Å². The summed E-state index contributed by atoms with van der Waals surface area (Å²) < 4.78 is 64.7.